The minimum atomic E-state index is -0.672. The summed E-state index contributed by atoms with van der Waals surface area (Å²) in [7, 11) is 1.59. The van der Waals surface area contributed by atoms with E-state index in [1.54, 1.807) is 67.5 Å². The number of methoxy groups -OCH3 is 1. The molecule has 0 saturated heterocycles. The van der Waals surface area contributed by atoms with Crippen LogP contribution in [0.15, 0.2) is 72.1 Å². The second kappa shape index (κ2) is 11.7. The Labute approximate surface area is 219 Å². The van der Waals surface area contributed by atoms with Crippen molar-refractivity contribution < 1.29 is 14.3 Å². The van der Waals surface area contributed by atoms with E-state index in [9.17, 15) is 9.59 Å². The molecule has 10 heteroatoms. The number of pyridine rings is 1. The largest absolute Gasteiger partial charge is 0.497 e. The standard InChI is InChI=1S/C27H28N6O3S/c1-17-6-5-7-18(2)24(17)30-26(35)19(3)33-27(31-25(32-33)20-12-14-28-15-13-20)37-16-23(34)29-21-8-10-22(36-4)11-9-21/h5-15,19H,16H2,1-4H3,(H,29,34)(H,30,35). The number of nitrogens with zero attached hydrogens (tertiary/aromatic N) is 4. The Morgan fingerprint density at radius 3 is 2.32 bits per heavy atom. The third-order valence-corrected chi connectivity index (χ3v) is 6.66. The average molecular weight is 517 g/mol. The molecule has 2 heterocycles. The lowest BCUT2D eigenvalue weighted by Crippen LogP contribution is -2.26. The van der Waals surface area contributed by atoms with Crippen LogP contribution in [0.25, 0.3) is 11.4 Å². The number of anilines is 2. The zero-order valence-electron chi connectivity index (χ0n) is 21.1. The molecule has 2 N–H and O–H groups in total. The molecule has 0 spiro atoms. The summed E-state index contributed by atoms with van der Waals surface area (Å²) in [5.41, 5.74) is 4.15. The first kappa shape index (κ1) is 25.9. The molecule has 9 nitrogen and oxygen atoms in total. The zero-order chi connectivity index (χ0) is 26.4. The number of ether oxygens (including phenoxy) is 1. The van der Waals surface area contributed by atoms with Crippen molar-refractivity contribution in [1.82, 2.24) is 19.7 Å². The lowest BCUT2D eigenvalue weighted by atomic mass is 10.1. The normalized spacial score (nSPS) is 11.6. The van der Waals surface area contributed by atoms with Gasteiger partial charge < -0.3 is 15.4 Å². The highest BCUT2D eigenvalue weighted by Crippen LogP contribution is 2.27. The molecule has 37 heavy (non-hydrogen) atoms. The summed E-state index contributed by atoms with van der Waals surface area (Å²) in [6.45, 7) is 5.66. The van der Waals surface area contributed by atoms with Crippen LogP contribution >= 0.6 is 11.8 Å². The molecule has 0 bridgehead atoms. The van der Waals surface area contributed by atoms with Gasteiger partial charge >= 0.3 is 0 Å². The maximum Gasteiger partial charge on any atom is 0.249 e. The molecule has 0 aliphatic rings. The number of amides is 2. The molecule has 1 unspecified atom stereocenters. The van der Waals surface area contributed by atoms with E-state index in [2.05, 4.69) is 25.7 Å². The summed E-state index contributed by atoms with van der Waals surface area (Å²) in [6, 6.07) is 15.9. The Balaban J connectivity index is 1.53. The van der Waals surface area contributed by atoms with Gasteiger partial charge in [0.15, 0.2) is 11.0 Å². The molecular weight excluding hydrogens is 488 g/mol. The first-order valence-electron chi connectivity index (χ1n) is 11.7. The summed E-state index contributed by atoms with van der Waals surface area (Å²) in [6.07, 6.45) is 3.31. The predicted octanol–water partition coefficient (Wildman–Crippen LogP) is 4.90. The minimum Gasteiger partial charge on any atom is -0.497 e. The van der Waals surface area contributed by atoms with Crippen molar-refractivity contribution in [2.45, 2.75) is 32.0 Å². The molecule has 1 atom stereocenters. The lowest BCUT2D eigenvalue weighted by molar-refractivity contribution is -0.119. The summed E-state index contributed by atoms with van der Waals surface area (Å²) in [5.74, 6) is 0.812. The van der Waals surface area contributed by atoms with E-state index >= 15 is 0 Å². The highest BCUT2D eigenvalue weighted by atomic mass is 32.2. The molecule has 2 aromatic heterocycles. The highest BCUT2D eigenvalue weighted by molar-refractivity contribution is 7.99. The Morgan fingerprint density at radius 1 is 1.00 bits per heavy atom. The van der Waals surface area contributed by atoms with Crippen LogP contribution in [-0.2, 0) is 9.59 Å². The first-order valence-corrected chi connectivity index (χ1v) is 12.6. The van der Waals surface area contributed by atoms with E-state index in [1.807, 2.05) is 32.0 Å². The van der Waals surface area contributed by atoms with Crippen molar-refractivity contribution in [3.8, 4) is 17.1 Å². The van der Waals surface area contributed by atoms with E-state index in [0.717, 1.165) is 22.4 Å². The van der Waals surface area contributed by atoms with Crippen molar-refractivity contribution in [2.75, 3.05) is 23.5 Å². The lowest BCUT2D eigenvalue weighted by Gasteiger charge is -2.17. The Bertz CT molecular complexity index is 1370. The number of para-hydroxylation sites is 1. The van der Waals surface area contributed by atoms with Crippen molar-refractivity contribution in [3.05, 3.63) is 78.1 Å². The van der Waals surface area contributed by atoms with Crippen LogP contribution in [0.4, 0.5) is 11.4 Å². The number of aryl methyl sites for hydroxylation is 2. The number of thioether (sulfide) groups is 1. The van der Waals surface area contributed by atoms with E-state index in [-0.39, 0.29) is 17.6 Å². The smallest absolute Gasteiger partial charge is 0.249 e. The van der Waals surface area contributed by atoms with Gasteiger partial charge in [-0.25, -0.2) is 9.67 Å². The van der Waals surface area contributed by atoms with Gasteiger partial charge in [0.25, 0.3) is 0 Å². The van der Waals surface area contributed by atoms with E-state index in [1.165, 1.54) is 11.8 Å². The maximum absolute atomic E-state index is 13.2. The van der Waals surface area contributed by atoms with Crippen LogP contribution < -0.4 is 15.4 Å². The van der Waals surface area contributed by atoms with Crippen LogP contribution in [0, 0.1) is 13.8 Å². The third-order valence-electron chi connectivity index (χ3n) is 5.72. The van der Waals surface area contributed by atoms with Gasteiger partial charge in [0.2, 0.25) is 11.8 Å². The fraction of sp³-hybridized carbons (Fsp3) is 0.222. The minimum absolute atomic E-state index is 0.0890. The third kappa shape index (κ3) is 6.34. The molecule has 4 rings (SSSR count). The van der Waals surface area contributed by atoms with Crippen LogP contribution in [0.2, 0.25) is 0 Å². The van der Waals surface area contributed by atoms with Gasteiger partial charge in [-0.3, -0.25) is 14.6 Å². The number of carbonyl (C=O) groups excluding carboxylic acids is 2. The van der Waals surface area contributed by atoms with E-state index in [4.69, 9.17) is 4.74 Å². The molecular formula is C27H28N6O3S. The van der Waals surface area contributed by atoms with Gasteiger partial charge in [-0.15, -0.1) is 5.10 Å². The monoisotopic (exact) mass is 516 g/mol. The molecule has 0 aliphatic heterocycles. The van der Waals surface area contributed by atoms with Crippen molar-refractivity contribution >= 4 is 35.0 Å². The quantitative estimate of drug-likeness (QED) is 0.305. The number of hydrogen-bond donors (Lipinski definition) is 2. The Hall–Kier alpha value is -4.18. The van der Waals surface area contributed by atoms with Crippen molar-refractivity contribution in [3.63, 3.8) is 0 Å². The topological polar surface area (TPSA) is 111 Å². The van der Waals surface area contributed by atoms with Crippen LogP contribution in [-0.4, -0.2) is 44.4 Å². The Kier molecular flexibility index (Phi) is 8.19. The summed E-state index contributed by atoms with van der Waals surface area (Å²) in [5, 5.41) is 11.0. The molecule has 0 fully saturated rings. The van der Waals surface area contributed by atoms with E-state index < -0.39 is 6.04 Å². The van der Waals surface area contributed by atoms with Gasteiger partial charge in [0.05, 0.1) is 12.9 Å². The summed E-state index contributed by atoms with van der Waals surface area (Å²) >= 11 is 1.21. The summed E-state index contributed by atoms with van der Waals surface area (Å²) in [4.78, 5) is 34.6. The number of carbonyl (C=O) groups is 2. The second-order valence-corrected chi connectivity index (χ2v) is 9.34. The van der Waals surface area contributed by atoms with Gasteiger partial charge in [-0.2, -0.15) is 0 Å². The van der Waals surface area contributed by atoms with Gasteiger partial charge in [-0.05, 0) is 68.3 Å². The molecule has 4 aromatic rings. The molecule has 0 radical (unpaired) electrons. The number of aromatic nitrogens is 4. The number of benzene rings is 2. The fourth-order valence-electron chi connectivity index (χ4n) is 3.63. The first-order chi connectivity index (χ1) is 17.9. The maximum atomic E-state index is 13.2. The fourth-order valence-corrected chi connectivity index (χ4v) is 4.45. The number of hydrogen-bond acceptors (Lipinski definition) is 7. The Morgan fingerprint density at radius 2 is 1.68 bits per heavy atom. The SMILES string of the molecule is COc1ccc(NC(=O)CSc2nc(-c3ccncc3)nn2C(C)C(=O)Nc2c(C)cccc2C)cc1. The molecule has 2 amide bonds. The van der Waals surface area contributed by atoms with Crippen molar-refractivity contribution in [2.24, 2.45) is 0 Å². The number of rotatable bonds is 9. The van der Waals surface area contributed by atoms with Crippen molar-refractivity contribution in [1.29, 1.82) is 0 Å². The van der Waals surface area contributed by atoms with Gasteiger partial charge in [-0.1, -0.05) is 30.0 Å². The zero-order valence-corrected chi connectivity index (χ0v) is 21.9. The van der Waals surface area contributed by atoms with Crippen LogP contribution in [0.1, 0.15) is 24.1 Å². The number of nitrogens with one attached hydrogen (secondary N) is 2. The molecule has 190 valence electrons. The summed E-state index contributed by atoms with van der Waals surface area (Å²) < 4.78 is 6.71. The molecule has 2 aromatic carbocycles. The average Bonchev–Trinajstić information content (AvgIpc) is 3.34. The van der Waals surface area contributed by atoms with Crippen LogP contribution in [0.5, 0.6) is 5.75 Å². The van der Waals surface area contributed by atoms with E-state index in [0.29, 0.717) is 22.4 Å². The van der Waals surface area contributed by atoms with Gasteiger partial charge in [0, 0.05) is 29.3 Å². The predicted molar refractivity (Wildman–Crippen MR) is 145 cm³/mol. The highest BCUT2D eigenvalue weighted by Gasteiger charge is 2.24. The molecule has 0 aliphatic carbocycles. The van der Waals surface area contributed by atoms with Crippen LogP contribution in [0.3, 0.4) is 0 Å². The molecule has 0 saturated carbocycles. The second-order valence-electron chi connectivity index (χ2n) is 8.40. The van der Waals surface area contributed by atoms with Gasteiger partial charge in [0.1, 0.15) is 11.8 Å².